The number of nitrogens with one attached hydrogen (secondary N) is 1. The average Bonchev–Trinajstić information content (AvgIpc) is 2.54. The fourth-order valence-corrected chi connectivity index (χ4v) is 3.29. The molecule has 5 heteroatoms. The van der Waals surface area contributed by atoms with Gasteiger partial charge in [-0.1, -0.05) is 49.0 Å². The van der Waals surface area contributed by atoms with Crippen molar-refractivity contribution in [2.75, 3.05) is 0 Å². The molecule has 0 aliphatic heterocycles. The van der Waals surface area contributed by atoms with Gasteiger partial charge < -0.3 is 5.32 Å². The van der Waals surface area contributed by atoms with Gasteiger partial charge in [0.2, 0.25) is 9.84 Å². The van der Waals surface area contributed by atoms with Crippen molar-refractivity contribution in [2.45, 2.75) is 18.7 Å². The minimum atomic E-state index is -3.71. The summed E-state index contributed by atoms with van der Waals surface area (Å²) in [6.45, 7) is 6.96. The topological polar surface area (TPSA) is 63.2 Å². The van der Waals surface area contributed by atoms with Crippen molar-refractivity contribution in [1.82, 2.24) is 5.32 Å². The van der Waals surface area contributed by atoms with Crippen LogP contribution in [0, 0.1) is 6.92 Å². The second kappa shape index (κ2) is 7.27. The van der Waals surface area contributed by atoms with Crippen LogP contribution in [0.15, 0.2) is 77.1 Å². The smallest absolute Gasteiger partial charge is 0.250 e. The van der Waals surface area contributed by atoms with Crippen molar-refractivity contribution < 1.29 is 13.2 Å². The Bertz CT molecular complexity index is 897. The summed E-state index contributed by atoms with van der Waals surface area (Å²) >= 11 is 0. The van der Waals surface area contributed by atoms with Crippen LogP contribution in [0.4, 0.5) is 0 Å². The lowest BCUT2D eigenvalue weighted by molar-refractivity contribution is -0.116. The van der Waals surface area contributed by atoms with Crippen molar-refractivity contribution in [3.05, 3.63) is 83.3 Å². The van der Waals surface area contributed by atoms with Crippen LogP contribution < -0.4 is 5.32 Å². The fraction of sp³-hybridized carbons (Fsp3) is 0.105. The number of carbonyl (C=O) groups is 1. The highest BCUT2D eigenvalue weighted by atomic mass is 32.2. The van der Waals surface area contributed by atoms with E-state index in [1.807, 2.05) is 19.1 Å². The van der Waals surface area contributed by atoms with Crippen LogP contribution in [0.5, 0.6) is 0 Å². The van der Waals surface area contributed by atoms with Crippen LogP contribution in [0.1, 0.15) is 18.1 Å². The van der Waals surface area contributed by atoms with Crippen LogP contribution >= 0.6 is 0 Å². The Morgan fingerprint density at radius 2 is 1.75 bits per heavy atom. The maximum Gasteiger partial charge on any atom is 0.250 e. The van der Waals surface area contributed by atoms with E-state index < -0.39 is 15.7 Å². The molecule has 0 atom stereocenters. The zero-order valence-corrected chi connectivity index (χ0v) is 14.4. The molecule has 2 aromatic carbocycles. The summed E-state index contributed by atoms with van der Waals surface area (Å²) in [5.41, 5.74) is 1.95. The van der Waals surface area contributed by atoms with Gasteiger partial charge in [0, 0.05) is 5.57 Å². The molecule has 0 bridgehead atoms. The fourth-order valence-electron chi connectivity index (χ4n) is 2.03. The van der Waals surface area contributed by atoms with Crippen molar-refractivity contribution in [3.8, 4) is 0 Å². The quantitative estimate of drug-likeness (QED) is 0.847. The molecule has 2 aromatic rings. The van der Waals surface area contributed by atoms with Gasteiger partial charge >= 0.3 is 0 Å². The Morgan fingerprint density at radius 3 is 2.33 bits per heavy atom. The zero-order valence-electron chi connectivity index (χ0n) is 13.6. The Kier molecular flexibility index (Phi) is 5.36. The van der Waals surface area contributed by atoms with Gasteiger partial charge in [0.05, 0.1) is 16.0 Å². The first-order valence-electron chi connectivity index (χ1n) is 7.35. The van der Waals surface area contributed by atoms with Crippen molar-refractivity contribution in [3.63, 3.8) is 0 Å². The van der Waals surface area contributed by atoms with E-state index >= 15 is 0 Å². The monoisotopic (exact) mass is 341 g/mol. The van der Waals surface area contributed by atoms with E-state index in [4.69, 9.17) is 0 Å². The minimum Gasteiger partial charge on any atom is -0.321 e. The lowest BCUT2D eigenvalue weighted by Gasteiger charge is -2.11. The minimum absolute atomic E-state index is 0.181. The Labute approximate surface area is 142 Å². The number of hydrogen-bond acceptors (Lipinski definition) is 3. The molecular formula is C19H19NO3S. The standard InChI is InChI=1S/C19H19NO3S/c1-14(2)19(21)20-18(16-9-5-4-6-10-16)13-24(22,23)17-11-7-8-15(3)12-17/h4-13H,1H2,2-3H3,(H,20,21)/b18-13-. The summed E-state index contributed by atoms with van der Waals surface area (Å²) in [6, 6.07) is 15.5. The molecule has 1 amide bonds. The molecule has 0 spiro atoms. The van der Waals surface area contributed by atoms with Gasteiger partial charge in [0.15, 0.2) is 0 Å². The van der Waals surface area contributed by atoms with E-state index in [9.17, 15) is 13.2 Å². The summed E-state index contributed by atoms with van der Waals surface area (Å²) in [6.07, 6.45) is 0. The number of carbonyl (C=O) groups excluding carboxylic acids is 1. The number of rotatable bonds is 5. The molecule has 0 fully saturated rings. The molecule has 0 saturated heterocycles. The normalized spacial score (nSPS) is 11.8. The molecule has 0 aliphatic rings. The molecule has 1 N–H and O–H groups in total. The third kappa shape index (κ3) is 4.43. The predicted octanol–water partition coefficient (Wildman–Crippen LogP) is 3.46. The molecule has 0 unspecified atom stereocenters. The molecule has 124 valence electrons. The molecule has 0 saturated carbocycles. The molecule has 0 heterocycles. The van der Waals surface area contributed by atoms with Crippen molar-refractivity contribution in [1.29, 1.82) is 0 Å². The van der Waals surface area contributed by atoms with E-state index in [1.54, 1.807) is 43.3 Å². The van der Waals surface area contributed by atoms with Gasteiger partial charge in [-0.15, -0.1) is 0 Å². The highest BCUT2D eigenvalue weighted by molar-refractivity contribution is 7.94. The molecule has 24 heavy (non-hydrogen) atoms. The molecule has 2 rings (SSSR count). The SMILES string of the molecule is C=C(C)C(=O)N/C(=C\S(=O)(=O)c1cccc(C)c1)c1ccccc1. The second-order valence-corrected chi connectivity index (χ2v) is 7.29. The number of amides is 1. The second-order valence-electron chi connectivity index (χ2n) is 5.49. The third-order valence-corrected chi connectivity index (χ3v) is 4.77. The largest absolute Gasteiger partial charge is 0.321 e. The van der Waals surface area contributed by atoms with Gasteiger partial charge in [-0.25, -0.2) is 8.42 Å². The number of benzene rings is 2. The number of aryl methyl sites for hydroxylation is 1. The summed E-state index contributed by atoms with van der Waals surface area (Å²) in [5.74, 6) is -0.426. The Hall–Kier alpha value is -2.66. The van der Waals surface area contributed by atoms with Crippen molar-refractivity contribution in [2.24, 2.45) is 0 Å². The van der Waals surface area contributed by atoms with Crippen LogP contribution in [0.25, 0.3) is 5.70 Å². The summed E-state index contributed by atoms with van der Waals surface area (Å²) in [5, 5.41) is 3.70. The predicted molar refractivity (Wildman–Crippen MR) is 95.7 cm³/mol. The Morgan fingerprint density at radius 1 is 1.08 bits per heavy atom. The molecule has 0 radical (unpaired) electrons. The molecule has 4 nitrogen and oxygen atoms in total. The number of sulfone groups is 1. The van der Waals surface area contributed by atoms with Crippen LogP contribution in [-0.4, -0.2) is 14.3 Å². The zero-order chi connectivity index (χ0) is 17.7. The summed E-state index contributed by atoms with van der Waals surface area (Å²) < 4.78 is 25.3. The average molecular weight is 341 g/mol. The lowest BCUT2D eigenvalue weighted by atomic mass is 10.1. The van der Waals surface area contributed by atoms with Crippen molar-refractivity contribution >= 4 is 21.4 Å². The van der Waals surface area contributed by atoms with Gasteiger partial charge in [-0.2, -0.15) is 0 Å². The third-order valence-electron chi connectivity index (χ3n) is 3.31. The highest BCUT2D eigenvalue weighted by Crippen LogP contribution is 2.19. The highest BCUT2D eigenvalue weighted by Gasteiger charge is 2.16. The van der Waals surface area contributed by atoms with Crippen LogP contribution in [0.2, 0.25) is 0 Å². The van der Waals surface area contributed by atoms with Gasteiger partial charge in [-0.05, 0) is 37.1 Å². The molecule has 0 aromatic heterocycles. The number of hydrogen-bond donors (Lipinski definition) is 1. The summed E-state index contributed by atoms with van der Waals surface area (Å²) in [4.78, 5) is 12.1. The molecular weight excluding hydrogens is 322 g/mol. The first kappa shape index (κ1) is 17.7. The van der Waals surface area contributed by atoms with E-state index in [0.29, 0.717) is 11.1 Å². The van der Waals surface area contributed by atoms with Gasteiger partial charge in [0.25, 0.3) is 5.91 Å². The van der Waals surface area contributed by atoms with E-state index in [2.05, 4.69) is 11.9 Å². The van der Waals surface area contributed by atoms with Gasteiger partial charge in [-0.3, -0.25) is 4.79 Å². The molecule has 0 aliphatic carbocycles. The van der Waals surface area contributed by atoms with E-state index in [1.165, 1.54) is 6.07 Å². The first-order chi connectivity index (χ1) is 11.3. The lowest BCUT2D eigenvalue weighted by Crippen LogP contribution is -2.23. The van der Waals surface area contributed by atoms with Gasteiger partial charge in [0.1, 0.15) is 0 Å². The first-order valence-corrected chi connectivity index (χ1v) is 8.90. The van der Waals surface area contributed by atoms with E-state index in [0.717, 1.165) is 11.0 Å². The maximum absolute atomic E-state index is 12.7. The van der Waals surface area contributed by atoms with E-state index in [-0.39, 0.29) is 10.6 Å². The van der Waals surface area contributed by atoms with Crippen LogP contribution in [0.3, 0.4) is 0 Å². The summed E-state index contributed by atoms with van der Waals surface area (Å²) in [7, 11) is -3.71. The van der Waals surface area contributed by atoms with Crippen LogP contribution in [-0.2, 0) is 14.6 Å². The maximum atomic E-state index is 12.7. The Balaban J connectivity index is 2.51.